The topological polar surface area (TPSA) is 17.8 Å². The summed E-state index contributed by atoms with van der Waals surface area (Å²) in [6.45, 7) is 4.36. The number of rotatable bonds is 3. The minimum Gasteiger partial charge on any atom is -0.269 e. The van der Waals surface area contributed by atoms with Gasteiger partial charge in [-0.05, 0) is 30.9 Å². The van der Waals surface area contributed by atoms with Gasteiger partial charge in [0.1, 0.15) is 5.69 Å². The normalized spacial score (nSPS) is 13.0. The largest absolute Gasteiger partial charge is 0.269 e. The molecule has 2 heterocycles. The second-order valence-corrected chi connectivity index (χ2v) is 4.36. The molecule has 0 aliphatic rings. The van der Waals surface area contributed by atoms with E-state index in [9.17, 15) is 0 Å². The van der Waals surface area contributed by atoms with Gasteiger partial charge in [0.2, 0.25) is 0 Å². The van der Waals surface area contributed by atoms with Gasteiger partial charge in [-0.1, -0.05) is 13.0 Å². The molecule has 0 aliphatic heterocycles. The minimum absolute atomic E-state index is 0.490. The Kier molecular flexibility index (Phi) is 2.68. The molecule has 0 amide bonds. The van der Waals surface area contributed by atoms with E-state index in [0.29, 0.717) is 6.04 Å². The third-order valence-electron chi connectivity index (χ3n) is 2.42. The lowest BCUT2D eigenvalue weighted by molar-refractivity contribution is 0.479. The van der Waals surface area contributed by atoms with E-state index < -0.39 is 0 Å². The van der Waals surface area contributed by atoms with Crippen molar-refractivity contribution in [3.05, 3.63) is 29.8 Å². The number of thiophene rings is 1. The van der Waals surface area contributed by atoms with Crippen molar-refractivity contribution in [3.63, 3.8) is 0 Å². The van der Waals surface area contributed by atoms with Gasteiger partial charge < -0.3 is 0 Å². The molecule has 0 aliphatic carbocycles. The van der Waals surface area contributed by atoms with Gasteiger partial charge in [-0.3, -0.25) is 4.68 Å². The van der Waals surface area contributed by atoms with E-state index in [1.807, 2.05) is 4.68 Å². The van der Waals surface area contributed by atoms with Crippen LogP contribution in [0.2, 0.25) is 0 Å². The van der Waals surface area contributed by atoms with Gasteiger partial charge in [-0.15, -0.1) is 11.3 Å². The maximum atomic E-state index is 4.55. The molecule has 2 aromatic rings. The predicted molar refractivity (Wildman–Crippen MR) is 60.5 cm³/mol. The first-order valence-electron chi connectivity index (χ1n) is 4.90. The Labute approximate surface area is 88.2 Å². The Balaban J connectivity index is 2.26. The van der Waals surface area contributed by atoms with Crippen LogP contribution in [0.5, 0.6) is 0 Å². The molecule has 0 N–H and O–H groups in total. The Morgan fingerprint density at radius 2 is 2.36 bits per heavy atom. The number of hydrogen-bond donors (Lipinski definition) is 0. The van der Waals surface area contributed by atoms with E-state index in [0.717, 1.165) is 12.1 Å². The summed E-state index contributed by atoms with van der Waals surface area (Å²) in [4.78, 5) is 1.24. The SMILES string of the molecule is CCC(C)n1ccc(-c2cccs2)n1. The van der Waals surface area contributed by atoms with E-state index in [1.165, 1.54) is 4.88 Å². The third-order valence-corrected chi connectivity index (χ3v) is 3.32. The van der Waals surface area contributed by atoms with Gasteiger partial charge in [-0.2, -0.15) is 5.10 Å². The zero-order valence-electron chi connectivity index (χ0n) is 8.47. The van der Waals surface area contributed by atoms with Gasteiger partial charge in [-0.25, -0.2) is 0 Å². The molecule has 2 nitrogen and oxygen atoms in total. The maximum absolute atomic E-state index is 4.55. The number of hydrogen-bond acceptors (Lipinski definition) is 2. The zero-order valence-corrected chi connectivity index (χ0v) is 9.29. The lowest BCUT2D eigenvalue weighted by Gasteiger charge is -2.07. The van der Waals surface area contributed by atoms with Crippen LogP contribution < -0.4 is 0 Å². The molecule has 14 heavy (non-hydrogen) atoms. The lowest BCUT2D eigenvalue weighted by Crippen LogP contribution is -2.03. The van der Waals surface area contributed by atoms with Crippen molar-refractivity contribution in [3.8, 4) is 10.6 Å². The van der Waals surface area contributed by atoms with E-state index in [1.54, 1.807) is 11.3 Å². The fourth-order valence-corrected chi connectivity index (χ4v) is 2.02. The Hall–Kier alpha value is -1.09. The summed E-state index contributed by atoms with van der Waals surface area (Å²) in [5, 5.41) is 6.63. The molecule has 3 heteroatoms. The van der Waals surface area contributed by atoms with Gasteiger partial charge >= 0.3 is 0 Å². The molecule has 0 spiro atoms. The van der Waals surface area contributed by atoms with Crippen LogP contribution >= 0.6 is 11.3 Å². The average Bonchev–Trinajstić information content (AvgIpc) is 2.86. The molecule has 2 rings (SSSR count). The minimum atomic E-state index is 0.490. The van der Waals surface area contributed by atoms with Crippen LogP contribution in [-0.2, 0) is 0 Å². The van der Waals surface area contributed by atoms with E-state index >= 15 is 0 Å². The van der Waals surface area contributed by atoms with Crippen LogP contribution in [0.15, 0.2) is 29.8 Å². The van der Waals surface area contributed by atoms with Crippen molar-refractivity contribution < 1.29 is 0 Å². The van der Waals surface area contributed by atoms with Crippen molar-refractivity contribution in [2.75, 3.05) is 0 Å². The first-order chi connectivity index (χ1) is 6.81. The molecular weight excluding hydrogens is 192 g/mol. The molecule has 0 bridgehead atoms. The Morgan fingerprint density at radius 1 is 1.50 bits per heavy atom. The van der Waals surface area contributed by atoms with Gasteiger partial charge in [0, 0.05) is 12.2 Å². The molecule has 1 atom stereocenters. The standard InChI is InChI=1S/C11H14N2S/c1-3-9(2)13-7-6-10(12-13)11-5-4-8-14-11/h4-9H,3H2,1-2H3. The van der Waals surface area contributed by atoms with Gasteiger partial charge in [0.25, 0.3) is 0 Å². The van der Waals surface area contributed by atoms with Crippen molar-refractivity contribution in [1.29, 1.82) is 0 Å². The second-order valence-electron chi connectivity index (χ2n) is 3.42. The monoisotopic (exact) mass is 206 g/mol. The predicted octanol–water partition coefficient (Wildman–Crippen LogP) is 3.58. The highest BCUT2D eigenvalue weighted by molar-refractivity contribution is 7.13. The average molecular weight is 206 g/mol. The zero-order chi connectivity index (χ0) is 9.97. The second kappa shape index (κ2) is 3.96. The van der Waals surface area contributed by atoms with Crippen LogP contribution in [0.3, 0.4) is 0 Å². The highest BCUT2D eigenvalue weighted by Gasteiger charge is 2.06. The molecule has 0 radical (unpaired) electrons. The fraction of sp³-hybridized carbons (Fsp3) is 0.364. The first kappa shape index (κ1) is 9.46. The fourth-order valence-electron chi connectivity index (χ4n) is 1.33. The summed E-state index contributed by atoms with van der Waals surface area (Å²) in [7, 11) is 0. The molecule has 2 aromatic heterocycles. The number of nitrogens with zero attached hydrogens (tertiary/aromatic N) is 2. The summed E-state index contributed by atoms with van der Waals surface area (Å²) < 4.78 is 2.04. The lowest BCUT2D eigenvalue weighted by atomic mass is 10.3. The van der Waals surface area contributed by atoms with E-state index in [-0.39, 0.29) is 0 Å². The van der Waals surface area contributed by atoms with Crippen molar-refractivity contribution in [2.45, 2.75) is 26.3 Å². The van der Waals surface area contributed by atoms with Crippen LogP contribution in [0.4, 0.5) is 0 Å². The van der Waals surface area contributed by atoms with Crippen LogP contribution in [-0.4, -0.2) is 9.78 Å². The third kappa shape index (κ3) is 1.73. The summed E-state index contributed by atoms with van der Waals surface area (Å²) in [5.74, 6) is 0. The van der Waals surface area contributed by atoms with Crippen LogP contribution in [0.25, 0.3) is 10.6 Å². The van der Waals surface area contributed by atoms with Crippen molar-refractivity contribution >= 4 is 11.3 Å². The summed E-state index contributed by atoms with van der Waals surface area (Å²) in [6.07, 6.45) is 3.18. The highest BCUT2D eigenvalue weighted by atomic mass is 32.1. The summed E-state index contributed by atoms with van der Waals surface area (Å²) in [5.41, 5.74) is 1.08. The van der Waals surface area contributed by atoms with E-state index in [4.69, 9.17) is 0 Å². The molecule has 0 fully saturated rings. The van der Waals surface area contributed by atoms with E-state index in [2.05, 4.69) is 48.7 Å². The van der Waals surface area contributed by atoms with Crippen molar-refractivity contribution in [2.24, 2.45) is 0 Å². The van der Waals surface area contributed by atoms with Crippen LogP contribution in [0.1, 0.15) is 26.3 Å². The van der Waals surface area contributed by atoms with Crippen LogP contribution in [0, 0.1) is 0 Å². The first-order valence-corrected chi connectivity index (χ1v) is 5.78. The maximum Gasteiger partial charge on any atom is 0.102 e. The molecule has 0 saturated carbocycles. The van der Waals surface area contributed by atoms with Gasteiger partial charge in [0.05, 0.1) is 4.88 Å². The molecular formula is C11H14N2S. The molecule has 0 saturated heterocycles. The molecule has 0 aromatic carbocycles. The van der Waals surface area contributed by atoms with Crippen molar-refractivity contribution in [1.82, 2.24) is 9.78 Å². The summed E-state index contributed by atoms with van der Waals surface area (Å²) in [6, 6.07) is 6.73. The smallest absolute Gasteiger partial charge is 0.102 e. The quantitative estimate of drug-likeness (QED) is 0.750. The Bertz CT molecular complexity index is 389. The summed E-state index contributed by atoms with van der Waals surface area (Å²) >= 11 is 1.73. The Morgan fingerprint density at radius 3 is 3.00 bits per heavy atom. The molecule has 74 valence electrons. The highest BCUT2D eigenvalue weighted by Crippen LogP contribution is 2.23. The van der Waals surface area contributed by atoms with Gasteiger partial charge in [0.15, 0.2) is 0 Å². The number of aromatic nitrogens is 2. The molecule has 1 unspecified atom stereocenters.